The first kappa shape index (κ1) is 17.7. The van der Waals surface area contributed by atoms with Gasteiger partial charge in [-0.15, -0.1) is 0 Å². The van der Waals surface area contributed by atoms with Gasteiger partial charge in [-0.3, -0.25) is 0 Å². The summed E-state index contributed by atoms with van der Waals surface area (Å²) in [5.41, 5.74) is 5.78. The summed E-state index contributed by atoms with van der Waals surface area (Å²) in [7, 11) is 0. The van der Waals surface area contributed by atoms with Crippen molar-refractivity contribution in [3.05, 3.63) is 83.8 Å². The lowest BCUT2D eigenvalue weighted by Crippen LogP contribution is -2.20. The van der Waals surface area contributed by atoms with E-state index in [0.29, 0.717) is 0 Å². The molecule has 3 heteroatoms. The van der Waals surface area contributed by atoms with Gasteiger partial charge in [-0.2, -0.15) is 0 Å². The van der Waals surface area contributed by atoms with Crippen molar-refractivity contribution in [3.63, 3.8) is 0 Å². The average molecular weight is 319 g/mol. The van der Waals surface area contributed by atoms with Crippen LogP contribution in [0.1, 0.15) is 30.7 Å². The molecule has 1 aromatic carbocycles. The predicted octanol–water partition coefficient (Wildman–Crippen LogP) is 4.81. The highest BCUT2D eigenvalue weighted by atomic mass is 14.9. The Morgan fingerprint density at radius 2 is 1.71 bits per heavy atom. The molecule has 3 aromatic rings. The molecule has 0 radical (unpaired) electrons. The number of benzene rings is 1. The van der Waals surface area contributed by atoms with Crippen LogP contribution in [0.4, 0.5) is 0 Å². The smallest absolute Gasteiger partial charge is 0.159 e. The molecular formula is C21H25N3. The SMILES string of the molecule is C=C1Cc2ccccc2CN1.CC.Cc1ccc2cccnc2n1. The fourth-order valence-corrected chi connectivity index (χ4v) is 2.46. The minimum absolute atomic E-state index is 0.826. The van der Waals surface area contributed by atoms with Crippen molar-refractivity contribution in [1.29, 1.82) is 0 Å². The molecule has 0 aliphatic carbocycles. The third-order valence-electron chi connectivity index (χ3n) is 3.65. The summed E-state index contributed by atoms with van der Waals surface area (Å²) in [6, 6.07) is 16.4. The molecule has 0 spiro atoms. The van der Waals surface area contributed by atoms with Crippen molar-refractivity contribution in [1.82, 2.24) is 15.3 Å². The molecule has 1 N–H and O–H groups in total. The Hall–Kier alpha value is -2.68. The van der Waals surface area contributed by atoms with E-state index >= 15 is 0 Å². The van der Waals surface area contributed by atoms with E-state index in [1.165, 1.54) is 11.1 Å². The summed E-state index contributed by atoms with van der Waals surface area (Å²) in [6.45, 7) is 10.8. The highest BCUT2D eigenvalue weighted by molar-refractivity contribution is 5.74. The maximum atomic E-state index is 4.26. The molecule has 1 aliphatic rings. The maximum Gasteiger partial charge on any atom is 0.159 e. The van der Waals surface area contributed by atoms with E-state index in [9.17, 15) is 0 Å². The molecule has 0 unspecified atom stereocenters. The van der Waals surface area contributed by atoms with Crippen LogP contribution in [0.25, 0.3) is 11.0 Å². The minimum atomic E-state index is 0.826. The molecule has 24 heavy (non-hydrogen) atoms. The fourth-order valence-electron chi connectivity index (χ4n) is 2.46. The normalized spacial score (nSPS) is 12.0. The number of hydrogen-bond donors (Lipinski definition) is 1. The molecule has 0 bridgehead atoms. The molecule has 0 atom stereocenters. The average Bonchev–Trinajstić information content (AvgIpc) is 2.64. The van der Waals surface area contributed by atoms with Gasteiger partial charge in [0.25, 0.3) is 0 Å². The van der Waals surface area contributed by atoms with Crippen LogP contribution in [0.15, 0.2) is 67.0 Å². The van der Waals surface area contributed by atoms with Crippen LogP contribution in [0, 0.1) is 6.92 Å². The van der Waals surface area contributed by atoms with Crippen LogP contribution in [-0.4, -0.2) is 9.97 Å². The number of hydrogen-bond acceptors (Lipinski definition) is 3. The quantitative estimate of drug-likeness (QED) is 0.646. The van der Waals surface area contributed by atoms with Crippen molar-refractivity contribution >= 4 is 11.0 Å². The van der Waals surface area contributed by atoms with Gasteiger partial charge in [0.05, 0.1) is 0 Å². The first-order chi connectivity index (χ1) is 11.7. The number of pyridine rings is 2. The monoisotopic (exact) mass is 319 g/mol. The molecule has 0 saturated carbocycles. The molecule has 1 aliphatic heterocycles. The van der Waals surface area contributed by atoms with Gasteiger partial charge in [0.1, 0.15) is 0 Å². The third kappa shape index (κ3) is 4.66. The zero-order valence-corrected chi connectivity index (χ0v) is 14.7. The van der Waals surface area contributed by atoms with Crippen LogP contribution in [-0.2, 0) is 13.0 Å². The highest BCUT2D eigenvalue weighted by Gasteiger charge is 2.08. The molecule has 0 saturated heterocycles. The summed E-state index contributed by atoms with van der Waals surface area (Å²) in [5, 5.41) is 4.34. The zero-order valence-electron chi connectivity index (χ0n) is 14.7. The van der Waals surface area contributed by atoms with E-state index in [2.05, 4.69) is 46.1 Å². The van der Waals surface area contributed by atoms with E-state index in [1.54, 1.807) is 6.20 Å². The predicted molar refractivity (Wildman–Crippen MR) is 102 cm³/mol. The van der Waals surface area contributed by atoms with Gasteiger partial charge in [-0.25, -0.2) is 9.97 Å². The standard InChI is InChI=1S/C10H11N.C9H8N2.C2H6/c1-8-6-9-4-2-3-5-10(9)7-11-8;1-7-4-5-8-3-2-6-10-9(8)11-7;1-2/h2-5,11H,1,6-7H2;2-6H,1H3;1-2H3. The van der Waals surface area contributed by atoms with Crippen LogP contribution >= 0.6 is 0 Å². The molecular weight excluding hydrogens is 294 g/mol. The van der Waals surface area contributed by atoms with Gasteiger partial charge < -0.3 is 5.32 Å². The van der Waals surface area contributed by atoms with Crippen molar-refractivity contribution in [2.45, 2.75) is 33.7 Å². The molecule has 3 nitrogen and oxygen atoms in total. The number of fused-ring (bicyclic) bond motifs is 2. The van der Waals surface area contributed by atoms with Gasteiger partial charge in [0.2, 0.25) is 0 Å². The number of aromatic nitrogens is 2. The second-order valence-electron chi connectivity index (χ2n) is 5.41. The first-order valence-corrected chi connectivity index (χ1v) is 8.39. The molecule has 0 fully saturated rings. The Morgan fingerprint density at radius 1 is 0.958 bits per heavy atom. The Bertz CT molecular complexity index is 809. The Labute approximate surface area is 144 Å². The lowest BCUT2D eigenvalue weighted by atomic mass is 10.00. The lowest BCUT2D eigenvalue weighted by Gasteiger charge is -2.19. The van der Waals surface area contributed by atoms with Gasteiger partial charge in [-0.1, -0.05) is 44.7 Å². The van der Waals surface area contributed by atoms with Gasteiger partial charge >= 0.3 is 0 Å². The van der Waals surface area contributed by atoms with Crippen LogP contribution in [0.5, 0.6) is 0 Å². The van der Waals surface area contributed by atoms with Gasteiger partial charge in [-0.05, 0) is 42.3 Å². The second-order valence-corrected chi connectivity index (χ2v) is 5.41. The Morgan fingerprint density at radius 3 is 2.50 bits per heavy atom. The summed E-state index contributed by atoms with van der Waals surface area (Å²) >= 11 is 0. The highest BCUT2D eigenvalue weighted by Crippen LogP contribution is 2.16. The maximum absolute atomic E-state index is 4.26. The second kappa shape index (κ2) is 8.82. The summed E-state index contributed by atoms with van der Waals surface area (Å²) in [6.07, 6.45) is 2.74. The van der Waals surface area contributed by atoms with E-state index in [4.69, 9.17) is 0 Å². The Kier molecular flexibility index (Phi) is 6.50. The van der Waals surface area contributed by atoms with E-state index in [-0.39, 0.29) is 0 Å². The number of nitrogens with one attached hydrogen (secondary N) is 1. The summed E-state index contributed by atoms with van der Waals surface area (Å²) in [4.78, 5) is 8.40. The first-order valence-electron chi connectivity index (χ1n) is 8.39. The van der Waals surface area contributed by atoms with E-state index < -0.39 is 0 Å². The van der Waals surface area contributed by atoms with E-state index in [1.807, 2.05) is 45.0 Å². The van der Waals surface area contributed by atoms with Crippen molar-refractivity contribution in [2.75, 3.05) is 0 Å². The number of rotatable bonds is 0. The molecule has 0 amide bonds. The third-order valence-corrected chi connectivity index (χ3v) is 3.65. The van der Waals surface area contributed by atoms with Crippen LogP contribution in [0.3, 0.4) is 0 Å². The van der Waals surface area contributed by atoms with Crippen LogP contribution < -0.4 is 5.32 Å². The zero-order chi connectivity index (χ0) is 17.4. The molecule has 2 aromatic heterocycles. The number of aryl methyl sites for hydroxylation is 1. The fraction of sp³-hybridized carbons (Fsp3) is 0.238. The van der Waals surface area contributed by atoms with Crippen LogP contribution in [0.2, 0.25) is 0 Å². The molecule has 124 valence electrons. The van der Waals surface area contributed by atoms with Crippen molar-refractivity contribution in [2.24, 2.45) is 0 Å². The molecule has 4 rings (SSSR count). The van der Waals surface area contributed by atoms with Crippen molar-refractivity contribution in [3.8, 4) is 0 Å². The Balaban J connectivity index is 0.000000158. The number of allylic oxidation sites excluding steroid dienone is 1. The van der Waals surface area contributed by atoms with E-state index in [0.717, 1.165) is 35.4 Å². The summed E-state index contributed by atoms with van der Waals surface area (Å²) < 4.78 is 0. The summed E-state index contributed by atoms with van der Waals surface area (Å²) in [5.74, 6) is 0. The topological polar surface area (TPSA) is 37.8 Å². The largest absolute Gasteiger partial charge is 0.384 e. The minimum Gasteiger partial charge on any atom is -0.384 e. The van der Waals surface area contributed by atoms with Gasteiger partial charge in [0.15, 0.2) is 5.65 Å². The van der Waals surface area contributed by atoms with Crippen molar-refractivity contribution < 1.29 is 0 Å². The van der Waals surface area contributed by atoms with Gasteiger partial charge in [0, 0.05) is 35.9 Å². The lowest BCUT2D eigenvalue weighted by molar-refractivity contribution is 0.738. The molecule has 3 heterocycles. The number of nitrogens with zero attached hydrogens (tertiary/aromatic N) is 2.